The van der Waals surface area contributed by atoms with Gasteiger partial charge >= 0.3 is 0 Å². The van der Waals surface area contributed by atoms with Crippen molar-refractivity contribution in [2.45, 2.75) is 25.7 Å². The number of amides is 1. The molecule has 1 saturated carbocycles. The number of anilines is 1. The quantitative estimate of drug-likeness (QED) is 0.898. The minimum atomic E-state index is -0.0701. The molecule has 5 heteroatoms. The molecule has 1 amide bonds. The summed E-state index contributed by atoms with van der Waals surface area (Å²) >= 11 is 5.92. The van der Waals surface area contributed by atoms with Crippen LogP contribution in [0, 0.1) is 23.2 Å². The molecule has 0 aromatic heterocycles. The summed E-state index contributed by atoms with van der Waals surface area (Å²) < 4.78 is 0. The molecule has 1 aromatic rings. The first-order valence-electron chi connectivity index (χ1n) is 6.86. The summed E-state index contributed by atoms with van der Waals surface area (Å²) in [6.07, 6.45) is 4.03. The smallest absolute Gasteiger partial charge is 0.227 e. The van der Waals surface area contributed by atoms with Crippen LogP contribution >= 0.6 is 11.6 Å². The lowest BCUT2D eigenvalue weighted by molar-refractivity contribution is -0.122. The van der Waals surface area contributed by atoms with Crippen molar-refractivity contribution in [3.05, 3.63) is 28.8 Å². The SMILES string of the molecule is N#Cc1ccc(Cl)cc1NC(=O)C1CCCCC1CN. The number of carbonyl (C=O) groups excluding carboxylic acids is 1. The highest BCUT2D eigenvalue weighted by atomic mass is 35.5. The zero-order chi connectivity index (χ0) is 14.5. The zero-order valence-corrected chi connectivity index (χ0v) is 12.0. The van der Waals surface area contributed by atoms with Gasteiger partial charge in [0, 0.05) is 10.9 Å². The molecule has 4 nitrogen and oxygen atoms in total. The molecule has 0 saturated heterocycles. The number of nitriles is 1. The molecule has 2 atom stereocenters. The van der Waals surface area contributed by atoms with Gasteiger partial charge in [-0.3, -0.25) is 4.79 Å². The largest absolute Gasteiger partial charge is 0.330 e. The maximum absolute atomic E-state index is 12.4. The van der Waals surface area contributed by atoms with Crippen molar-refractivity contribution in [1.82, 2.24) is 0 Å². The number of hydrogen-bond acceptors (Lipinski definition) is 3. The second-order valence-electron chi connectivity index (χ2n) is 5.18. The van der Waals surface area contributed by atoms with Crippen LogP contribution in [0.2, 0.25) is 5.02 Å². The van der Waals surface area contributed by atoms with Crippen LogP contribution in [0.25, 0.3) is 0 Å². The fraction of sp³-hybridized carbons (Fsp3) is 0.467. The van der Waals surface area contributed by atoms with Gasteiger partial charge in [0.15, 0.2) is 0 Å². The minimum absolute atomic E-state index is 0.0566. The third-order valence-corrected chi connectivity index (χ3v) is 4.14. The normalized spacial score (nSPS) is 22.1. The number of hydrogen-bond donors (Lipinski definition) is 2. The molecule has 0 heterocycles. The fourth-order valence-corrected chi connectivity index (χ4v) is 2.95. The van der Waals surface area contributed by atoms with Gasteiger partial charge in [0.1, 0.15) is 6.07 Å². The van der Waals surface area contributed by atoms with Gasteiger partial charge in [-0.05, 0) is 43.5 Å². The molecule has 20 heavy (non-hydrogen) atoms. The monoisotopic (exact) mass is 291 g/mol. The molecule has 1 fully saturated rings. The van der Waals surface area contributed by atoms with Crippen molar-refractivity contribution < 1.29 is 4.79 Å². The lowest BCUT2D eigenvalue weighted by atomic mass is 9.78. The third-order valence-electron chi connectivity index (χ3n) is 3.91. The molecule has 0 spiro atoms. The highest BCUT2D eigenvalue weighted by Gasteiger charge is 2.30. The maximum atomic E-state index is 12.4. The summed E-state index contributed by atoms with van der Waals surface area (Å²) in [4.78, 5) is 12.4. The van der Waals surface area contributed by atoms with Crippen LogP contribution in [0.3, 0.4) is 0 Å². The number of halogens is 1. The van der Waals surface area contributed by atoms with Crippen molar-refractivity contribution in [2.75, 3.05) is 11.9 Å². The van der Waals surface area contributed by atoms with Gasteiger partial charge in [-0.25, -0.2) is 0 Å². The molecule has 3 N–H and O–H groups in total. The first-order chi connectivity index (χ1) is 9.65. The average Bonchev–Trinajstić information content (AvgIpc) is 2.47. The molecular weight excluding hydrogens is 274 g/mol. The van der Waals surface area contributed by atoms with E-state index in [4.69, 9.17) is 22.6 Å². The van der Waals surface area contributed by atoms with E-state index in [1.165, 1.54) is 0 Å². The van der Waals surface area contributed by atoms with E-state index in [1.807, 2.05) is 0 Å². The van der Waals surface area contributed by atoms with E-state index in [2.05, 4.69) is 11.4 Å². The van der Waals surface area contributed by atoms with Crippen molar-refractivity contribution in [3.8, 4) is 6.07 Å². The predicted octanol–water partition coefficient (Wildman–Crippen LogP) is 2.92. The minimum Gasteiger partial charge on any atom is -0.330 e. The Hall–Kier alpha value is -1.57. The summed E-state index contributed by atoms with van der Waals surface area (Å²) in [5.41, 5.74) is 6.65. The van der Waals surface area contributed by atoms with E-state index in [0.717, 1.165) is 25.7 Å². The maximum Gasteiger partial charge on any atom is 0.227 e. The van der Waals surface area contributed by atoms with Crippen LogP contribution in [0.15, 0.2) is 18.2 Å². The van der Waals surface area contributed by atoms with E-state index in [0.29, 0.717) is 22.8 Å². The lowest BCUT2D eigenvalue weighted by Gasteiger charge is -2.29. The Kier molecular flexibility index (Phi) is 4.99. The van der Waals surface area contributed by atoms with E-state index < -0.39 is 0 Å². The fourth-order valence-electron chi connectivity index (χ4n) is 2.78. The molecule has 2 rings (SSSR count). The number of nitrogens with zero attached hydrogens (tertiary/aromatic N) is 1. The van der Waals surface area contributed by atoms with E-state index in [9.17, 15) is 4.79 Å². The Labute approximate surface area is 123 Å². The van der Waals surface area contributed by atoms with E-state index in [1.54, 1.807) is 18.2 Å². The molecule has 1 aliphatic carbocycles. The second kappa shape index (κ2) is 6.74. The molecular formula is C15H18ClN3O. The predicted molar refractivity (Wildman–Crippen MR) is 79.3 cm³/mol. The summed E-state index contributed by atoms with van der Waals surface area (Å²) in [5, 5.41) is 12.4. The number of nitrogens with one attached hydrogen (secondary N) is 1. The molecule has 106 valence electrons. The summed E-state index contributed by atoms with van der Waals surface area (Å²) in [6.45, 7) is 0.527. The number of benzene rings is 1. The van der Waals surface area contributed by atoms with E-state index >= 15 is 0 Å². The standard InChI is InChI=1S/C15H18ClN3O/c16-12-6-5-11(9-18)14(7-12)19-15(20)13-4-2-1-3-10(13)8-17/h5-7,10,13H,1-4,8,17H2,(H,19,20). The average molecular weight is 292 g/mol. The highest BCUT2D eigenvalue weighted by Crippen LogP contribution is 2.31. The van der Waals surface area contributed by atoms with Crippen LogP contribution in [-0.4, -0.2) is 12.5 Å². The van der Waals surface area contributed by atoms with Gasteiger partial charge < -0.3 is 11.1 Å². The van der Waals surface area contributed by atoms with Crippen molar-refractivity contribution in [1.29, 1.82) is 5.26 Å². The van der Waals surface area contributed by atoms with Gasteiger partial charge in [-0.2, -0.15) is 5.26 Å². The zero-order valence-electron chi connectivity index (χ0n) is 11.2. The summed E-state index contributed by atoms with van der Waals surface area (Å²) in [5.74, 6) is 0.103. The number of nitrogens with two attached hydrogens (primary N) is 1. The van der Waals surface area contributed by atoms with Crippen molar-refractivity contribution in [2.24, 2.45) is 17.6 Å². The second-order valence-corrected chi connectivity index (χ2v) is 5.61. The van der Waals surface area contributed by atoms with Crippen LogP contribution in [0.4, 0.5) is 5.69 Å². The van der Waals surface area contributed by atoms with Gasteiger partial charge in [0.05, 0.1) is 11.3 Å². The van der Waals surface area contributed by atoms with Crippen LogP contribution in [-0.2, 0) is 4.79 Å². The lowest BCUT2D eigenvalue weighted by Crippen LogP contribution is -2.35. The molecule has 1 aliphatic rings. The highest BCUT2D eigenvalue weighted by molar-refractivity contribution is 6.31. The number of carbonyl (C=O) groups is 1. The Morgan fingerprint density at radius 1 is 1.45 bits per heavy atom. The van der Waals surface area contributed by atoms with Gasteiger partial charge in [-0.1, -0.05) is 24.4 Å². The van der Waals surface area contributed by atoms with Gasteiger partial charge in [-0.15, -0.1) is 0 Å². The van der Waals surface area contributed by atoms with Crippen LogP contribution in [0.1, 0.15) is 31.2 Å². The molecule has 1 aromatic carbocycles. The first-order valence-corrected chi connectivity index (χ1v) is 7.24. The summed E-state index contributed by atoms with van der Waals surface area (Å²) in [6, 6.07) is 6.92. The third kappa shape index (κ3) is 3.30. The molecule has 0 bridgehead atoms. The molecule has 2 unspecified atom stereocenters. The Bertz CT molecular complexity index is 538. The van der Waals surface area contributed by atoms with Crippen molar-refractivity contribution in [3.63, 3.8) is 0 Å². The molecule has 0 aliphatic heterocycles. The Morgan fingerprint density at radius 3 is 2.90 bits per heavy atom. The van der Waals surface area contributed by atoms with Crippen LogP contribution in [0.5, 0.6) is 0 Å². The topological polar surface area (TPSA) is 78.9 Å². The first kappa shape index (κ1) is 14.8. The van der Waals surface area contributed by atoms with Crippen LogP contribution < -0.4 is 11.1 Å². The van der Waals surface area contributed by atoms with Gasteiger partial charge in [0.2, 0.25) is 5.91 Å². The van der Waals surface area contributed by atoms with E-state index in [-0.39, 0.29) is 17.7 Å². The Morgan fingerprint density at radius 2 is 2.20 bits per heavy atom. The number of rotatable bonds is 3. The van der Waals surface area contributed by atoms with Crippen molar-refractivity contribution >= 4 is 23.2 Å². The molecule has 0 radical (unpaired) electrons. The Balaban J connectivity index is 2.15. The van der Waals surface area contributed by atoms with Gasteiger partial charge in [0.25, 0.3) is 0 Å². The summed E-state index contributed by atoms with van der Waals surface area (Å²) in [7, 11) is 0.